The van der Waals surface area contributed by atoms with Crippen molar-refractivity contribution in [3.8, 4) is 11.3 Å². The topological polar surface area (TPSA) is 30.2 Å². The zero-order chi connectivity index (χ0) is 11.7. The summed E-state index contributed by atoms with van der Waals surface area (Å²) in [6.45, 7) is 1.99. The van der Waals surface area contributed by atoms with Gasteiger partial charge in [0.05, 0.1) is 0 Å². The van der Waals surface area contributed by atoms with Gasteiger partial charge < -0.3 is 4.42 Å². The quantitative estimate of drug-likeness (QED) is 0.770. The average molecular weight is 300 g/mol. The van der Waals surface area contributed by atoms with E-state index in [0.717, 1.165) is 15.6 Å². The number of halogens is 2. The van der Waals surface area contributed by atoms with Crippen LogP contribution in [0.25, 0.3) is 11.3 Å². The van der Waals surface area contributed by atoms with Gasteiger partial charge in [0.2, 0.25) is 0 Å². The van der Waals surface area contributed by atoms with Crippen molar-refractivity contribution in [2.75, 3.05) is 0 Å². The number of aryl methyl sites for hydroxylation is 1. The summed E-state index contributed by atoms with van der Waals surface area (Å²) in [5, 5.41) is -0.583. The SMILES string of the molecule is Cc1cc(-c2ccc(C(=O)Cl)o2)ccc1Br. The molecule has 82 valence electrons. The molecule has 0 spiro atoms. The predicted octanol–water partition coefficient (Wildman–Crippen LogP) is 4.40. The number of hydrogen-bond acceptors (Lipinski definition) is 2. The number of rotatable bonds is 2. The molecule has 0 radical (unpaired) electrons. The van der Waals surface area contributed by atoms with Gasteiger partial charge in [-0.25, -0.2) is 0 Å². The molecule has 16 heavy (non-hydrogen) atoms. The third kappa shape index (κ3) is 2.20. The maximum Gasteiger partial charge on any atom is 0.287 e. The van der Waals surface area contributed by atoms with Crippen LogP contribution < -0.4 is 0 Å². The molecule has 0 saturated heterocycles. The summed E-state index contributed by atoms with van der Waals surface area (Å²) in [6.07, 6.45) is 0. The molecule has 0 unspecified atom stereocenters. The molecule has 0 aliphatic heterocycles. The molecule has 2 rings (SSSR count). The summed E-state index contributed by atoms with van der Waals surface area (Å²) in [6, 6.07) is 9.14. The Balaban J connectivity index is 2.42. The monoisotopic (exact) mass is 298 g/mol. The van der Waals surface area contributed by atoms with Crippen molar-refractivity contribution in [3.05, 3.63) is 46.1 Å². The van der Waals surface area contributed by atoms with Gasteiger partial charge in [-0.15, -0.1) is 0 Å². The highest BCUT2D eigenvalue weighted by molar-refractivity contribution is 9.10. The molecule has 0 N–H and O–H groups in total. The first kappa shape index (κ1) is 11.4. The molecule has 4 heteroatoms. The van der Waals surface area contributed by atoms with E-state index < -0.39 is 5.24 Å². The summed E-state index contributed by atoms with van der Waals surface area (Å²) in [4.78, 5) is 10.9. The largest absolute Gasteiger partial charge is 0.452 e. The lowest BCUT2D eigenvalue weighted by molar-refractivity contribution is 0.105. The molecule has 1 heterocycles. The molecule has 2 nitrogen and oxygen atoms in total. The predicted molar refractivity (Wildman–Crippen MR) is 66.8 cm³/mol. The number of carbonyl (C=O) groups is 1. The van der Waals surface area contributed by atoms with Crippen molar-refractivity contribution in [2.45, 2.75) is 6.92 Å². The minimum absolute atomic E-state index is 0.164. The number of carbonyl (C=O) groups excluding carboxylic acids is 1. The van der Waals surface area contributed by atoms with Crippen LogP contribution >= 0.6 is 27.5 Å². The molecule has 1 aromatic carbocycles. The molecule has 0 fully saturated rings. The van der Waals surface area contributed by atoms with Crippen LogP contribution in [0, 0.1) is 6.92 Å². The fourth-order valence-corrected chi connectivity index (χ4v) is 1.74. The van der Waals surface area contributed by atoms with Gasteiger partial charge in [0, 0.05) is 10.0 Å². The maximum atomic E-state index is 10.9. The minimum Gasteiger partial charge on any atom is -0.452 e. The van der Waals surface area contributed by atoms with Crippen LogP contribution in [0.15, 0.2) is 39.2 Å². The number of hydrogen-bond donors (Lipinski definition) is 0. The normalized spacial score (nSPS) is 10.4. The van der Waals surface area contributed by atoms with E-state index in [4.69, 9.17) is 16.0 Å². The maximum absolute atomic E-state index is 10.9. The second kappa shape index (κ2) is 4.44. The molecular formula is C12H8BrClO2. The van der Waals surface area contributed by atoms with Crippen LogP contribution in [0.1, 0.15) is 16.1 Å². The van der Waals surface area contributed by atoms with Gasteiger partial charge in [-0.2, -0.15) is 0 Å². The van der Waals surface area contributed by atoms with Gasteiger partial charge in [0.15, 0.2) is 5.76 Å². The van der Waals surface area contributed by atoms with Crippen LogP contribution in [0.2, 0.25) is 0 Å². The molecular weight excluding hydrogens is 291 g/mol. The Morgan fingerprint density at radius 3 is 2.62 bits per heavy atom. The standard InChI is InChI=1S/C12H8BrClO2/c1-7-6-8(2-3-9(7)13)10-4-5-11(16-10)12(14)15/h2-6H,1H3. The van der Waals surface area contributed by atoms with Gasteiger partial charge in [-0.05, 0) is 48.4 Å². The van der Waals surface area contributed by atoms with Crippen molar-refractivity contribution in [1.82, 2.24) is 0 Å². The Bertz CT molecular complexity index is 546. The summed E-state index contributed by atoms with van der Waals surface area (Å²) in [7, 11) is 0. The lowest BCUT2D eigenvalue weighted by Crippen LogP contribution is -1.82. The van der Waals surface area contributed by atoms with Gasteiger partial charge in [-0.1, -0.05) is 22.0 Å². The third-order valence-electron chi connectivity index (χ3n) is 2.24. The van der Waals surface area contributed by atoms with Crippen molar-refractivity contribution >= 4 is 32.8 Å². The van der Waals surface area contributed by atoms with Crippen LogP contribution in [0.4, 0.5) is 0 Å². The lowest BCUT2D eigenvalue weighted by Gasteiger charge is -2.01. The molecule has 0 bridgehead atoms. The molecule has 0 atom stereocenters. The highest BCUT2D eigenvalue weighted by Gasteiger charge is 2.10. The Morgan fingerprint density at radius 2 is 2.06 bits per heavy atom. The van der Waals surface area contributed by atoms with E-state index in [1.807, 2.05) is 25.1 Å². The average Bonchev–Trinajstić information content (AvgIpc) is 2.71. The smallest absolute Gasteiger partial charge is 0.287 e. The van der Waals surface area contributed by atoms with Crippen molar-refractivity contribution in [3.63, 3.8) is 0 Å². The summed E-state index contributed by atoms with van der Waals surface area (Å²) in [5.74, 6) is 0.803. The van der Waals surface area contributed by atoms with Crippen molar-refractivity contribution in [2.24, 2.45) is 0 Å². The first-order valence-corrected chi connectivity index (χ1v) is 5.81. The van der Waals surface area contributed by atoms with Gasteiger partial charge in [0.1, 0.15) is 5.76 Å². The Morgan fingerprint density at radius 1 is 1.31 bits per heavy atom. The minimum atomic E-state index is -0.583. The zero-order valence-electron chi connectivity index (χ0n) is 8.46. The van der Waals surface area contributed by atoms with Crippen LogP contribution in [0.5, 0.6) is 0 Å². The molecule has 2 aromatic rings. The summed E-state index contributed by atoms with van der Waals surface area (Å²) in [5.41, 5.74) is 2.03. The van der Waals surface area contributed by atoms with E-state index in [9.17, 15) is 4.79 Å². The zero-order valence-corrected chi connectivity index (χ0v) is 10.8. The Hall–Kier alpha value is -1.06. The Labute approximate surface area is 106 Å². The second-order valence-electron chi connectivity index (χ2n) is 3.40. The van der Waals surface area contributed by atoms with Gasteiger partial charge in [0.25, 0.3) is 5.24 Å². The molecule has 0 saturated carbocycles. The van der Waals surface area contributed by atoms with Gasteiger partial charge in [-0.3, -0.25) is 4.79 Å². The molecule has 0 aliphatic rings. The highest BCUT2D eigenvalue weighted by atomic mass is 79.9. The fourth-order valence-electron chi connectivity index (χ4n) is 1.40. The van der Waals surface area contributed by atoms with E-state index in [0.29, 0.717) is 5.76 Å². The van der Waals surface area contributed by atoms with E-state index in [2.05, 4.69) is 15.9 Å². The lowest BCUT2D eigenvalue weighted by atomic mass is 10.1. The van der Waals surface area contributed by atoms with E-state index in [-0.39, 0.29) is 5.76 Å². The van der Waals surface area contributed by atoms with Crippen LogP contribution in [-0.4, -0.2) is 5.24 Å². The number of benzene rings is 1. The van der Waals surface area contributed by atoms with Gasteiger partial charge >= 0.3 is 0 Å². The van der Waals surface area contributed by atoms with Crippen molar-refractivity contribution < 1.29 is 9.21 Å². The van der Waals surface area contributed by atoms with Crippen LogP contribution in [0.3, 0.4) is 0 Å². The fraction of sp³-hybridized carbons (Fsp3) is 0.0833. The first-order valence-electron chi connectivity index (χ1n) is 4.64. The van der Waals surface area contributed by atoms with E-state index >= 15 is 0 Å². The van der Waals surface area contributed by atoms with E-state index in [1.54, 1.807) is 12.1 Å². The van der Waals surface area contributed by atoms with Crippen LogP contribution in [-0.2, 0) is 0 Å². The summed E-state index contributed by atoms with van der Waals surface area (Å²) >= 11 is 8.74. The Kier molecular flexibility index (Phi) is 3.17. The highest BCUT2D eigenvalue weighted by Crippen LogP contribution is 2.26. The first-order chi connectivity index (χ1) is 7.58. The molecule has 0 aliphatic carbocycles. The van der Waals surface area contributed by atoms with Crippen molar-refractivity contribution in [1.29, 1.82) is 0 Å². The molecule has 1 aromatic heterocycles. The second-order valence-corrected chi connectivity index (χ2v) is 4.60. The molecule has 0 amide bonds. The summed E-state index contributed by atoms with van der Waals surface area (Å²) < 4.78 is 6.37. The third-order valence-corrected chi connectivity index (χ3v) is 3.32. The number of furan rings is 1. The van der Waals surface area contributed by atoms with E-state index in [1.165, 1.54) is 0 Å².